The molecule has 0 unspecified atom stereocenters. The van der Waals surface area contributed by atoms with Gasteiger partial charge in [-0.2, -0.15) is 0 Å². The van der Waals surface area contributed by atoms with Crippen molar-refractivity contribution in [3.05, 3.63) is 59.9 Å². The zero-order valence-electron chi connectivity index (χ0n) is 11.8. The van der Waals surface area contributed by atoms with Crippen LogP contribution in [-0.2, 0) is 9.53 Å². The Hall–Kier alpha value is -2.89. The Morgan fingerprint density at radius 2 is 1.77 bits per heavy atom. The summed E-state index contributed by atoms with van der Waals surface area (Å²) < 4.78 is 23.3. The molecule has 0 saturated carbocycles. The van der Waals surface area contributed by atoms with Crippen LogP contribution in [0.3, 0.4) is 0 Å². The Morgan fingerprint density at radius 3 is 2.50 bits per heavy atom. The number of carbonyl (C=O) groups excluding carboxylic acids is 2. The molecule has 5 nitrogen and oxygen atoms in total. The van der Waals surface area contributed by atoms with Crippen molar-refractivity contribution in [3.8, 4) is 5.75 Å². The van der Waals surface area contributed by atoms with Gasteiger partial charge >= 0.3 is 5.97 Å². The molecule has 0 radical (unpaired) electrons. The van der Waals surface area contributed by atoms with Gasteiger partial charge in [-0.05, 0) is 24.3 Å². The Morgan fingerprint density at radius 1 is 1.09 bits per heavy atom. The monoisotopic (exact) mass is 303 g/mol. The number of para-hydroxylation sites is 2. The van der Waals surface area contributed by atoms with Crippen LogP contribution < -0.4 is 10.1 Å². The number of methoxy groups -OCH3 is 1. The number of rotatable bonds is 5. The molecule has 0 aromatic heterocycles. The Bertz CT molecular complexity index is 687. The summed E-state index contributed by atoms with van der Waals surface area (Å²) >= 11 is 0. The third-order valence-corrected chi connectivity index (χ3v) is 2.81. The molecule has 0 fully saturated rings. The van der Waals surface area contributed by atoms with Crippen LogP contribution in [0.15, 0.2) is 48.5 Å². The summed E-state index contributed by atoms with van der Waals surface area (Å²) in [6.45, 7) is -0.523. The van der Waals surface area contributed by atoms with Crippen LogP contribution in [0.5, 0.6) is 5.75 Å². The third-order valence-electron chi connectivity index (χ3n) is 2.81. The molecule has 114 valence electrons. The van der Waals surface area contributed by atoms with E-state index in [1.807, 2.05) is 0 Å². The van der Waals surface area contributed by atoms with Crippen molar-refractivity contribution in [2.24, 2.45) is 0 Å². The molecule has 6 heteroatoms. The number of carbonyl (C=O) groups is 2. The first kappa shape index (κ1) is 15.5. The normalized spacial score (nSPS) is 9.91. The maximum absolute atomic E-state index is 13.4. The van der Waals surface area contributed by atoms with Crippen LogP contribution in [0.4, 0.5) is 10.1 Å². The number of ether oxygens (including phenoxy) is 2. The molecule has 0 aliphatic carbocycles. The zero-order valence-corrected chi connectivity index (χ0v) is 11.8. The fourth-order valence-corrected chi connectivity index (χ4v) is 1.77. The molecule has 0 saturated heterocycles. The molecular weight excluding hydrogens is 289 g/mol. The van der Waals surface area contributed by atoms with E-state index in [0.717, 1.165) is 6.07 Å². The van der Waals surface area contributed by atoms with Crippen molar-refractivity contribution in [3.63, 3.8) is 0 Å². The lowest BCUT2D eigenvalue weighted by atomic mass is 10.2. The minimum absolute atomic E-state index is 0.215. The van der Waals surface area contributed by atoms with Crippen LogP contribution in [0, 0.1) is 5.82 Å². The number of nitrogens with one attached hydrogen (secondary N) is 1. The van der Waals surface area contributed by atoms with Gasteiger partial charge in [0, 0.05) is 0 Å². The van der Waals surface area contributed by atoms with Gasteiger partial charge in [0.25, 0.3) is 5.91 Å². The highest BCUT2D eigenvalue weighted by molar-refractivity contribution is 5.96. The predicted octanol–water partition coefficient (Wildman–Crippen LogP) is 2.63. The first-order valence-corrected chi connectivity index (χ1v) is 6.46. The van der Waals surface area contributed by atoms with E-state index in [4.69, 9.17) is 9.47 Å². The van der Waals surface area contributed by atoms with Gasteiger partial charge < -0.3 is 14.8 Å². The Kier molecular flexibility index (Phi) is 5.08. The van der Waals surface area contributed by atoms with E-state index in [1.54, 1.807) is 24.3 Å². The van der Waals surface area contributed by atoms with Gasteiger partial charge in [-0.15, -0.1) is 0 Å². The number of amides is 1. The summed E-state index contributed by atoms with van der Waals surface area (Å²) in [5.74, 6) is -1.66. The van der Waals surface area contributed by atoms with E-state index in [9.17, 15) is 14.0 Å². The van der Waals surface area contributed by atoms with E-state index in [0.29, 0.717) is 11.4 Å². The maximum Gasteiger partial charge on any atom is 0.341 e. The molecule has 1 amide bonds. The van der Waals surface area contributed by atoms with Gasteiger partial charge in [-0.3, -0.25) is 4.79 Å². The number of anilines is 1. The third kappa shape index (κ3) is 3.82. The van der Waals surface area contributed by atoms with Gasteiger partial charge in [0.15, 0.2) is 6.61 Å². The van der Waals surface area contributed by atoms with Gasteiger partial charge in [0.1, 0.15) is 11.6 Å². The summed E-state index contributed by atoms with van der Waals surface area (Å²) in [6.07, 6.45) is 0. The second-order valence-corrected chi connectivity index (χ2v) is 4.30. The van der Waals surface area contributed by atoms with Gasteiger partial charge in [-0.1, -0.05) is 24.3 Å². The molecule has 0 atom stereocenters. The molecule has 0 spiro atoms. The van der Waals surface area contributed by atoms with Crippen molar-refractivity contribution < 1.29 is 23.5 Å². The number of benzene rings is 2. The minimum atomic E-state index is -0.895. The van der Waals surface area contributed by atoms with Crippen molar-refractivity contribution >= 4 is 17.6 Å². The highest BCUT2D eigenvalue weighted by Gasteiger charge is 2.14. The average molecular weight is 303 g/mol. The molecule has 2 aromatic rings. The van der Waals surface area contributed by atoms with Crippen molar-refractivity contribution in [2.45, 2.75) is 0 Å². The van der Waals surface area contributed by atoms with Crippen molar-refractivity contribution in [1.82, 2.24) is 0 Å². The van der Waals surface area contributed by atoms with Crippen LogP contribution in [0.2, 0.25) is 0 Å². The van der Waals surface area contributed by atoms with Crippen LogP contribution in [0.25, 0.3) is 0 Å². The standard InChI is InChI=1S/C16H14FNO4/c1-21-14-9-5-4-8-13(14)18-15(19)10-22-16(20)11-6-2-3-7-12(11)17/h2-9H,10H2,1H3,(H,18,19). The second-order valence-electron chi connectivity index (χ2n) is 4.30. The lowest BCUT2D eigenvalue weighted by Gasteiger charge is -2.10. The topological polar surface area (TPSA) is 64.6 Å². The van der Waals surface area contributed by atoms with Gasteiger partial charge in [0.2, 0.25) is 0 Å². The van der Waals surface area contributed by atoms with E-state index < -0.39 is 24.3 Å². The molecule has 22 heavy (non-hydrogen) atoms. The van der Waals surface area contributed by atoms with E-state index in [-0.39, 0.29) is 5.56 Å². The Balaban J connectivity index is 1.93. The van der Waals surface area contributed by atoms with E-state index in [1.165, 1.54) is 25.3 Å². The minimum Gasteiger partial charge on any atom is -0.495 e. The summed E-state index contributed by atoms with van der Waals surface area (Å²) in [6, 6.07) is 12.2. The summed E-state index contributed by atoms with van der Waals surface area (Å²) in [5.41, 5.74) is 0.240. The highest BCUT2D eigenvalue weighted by atomic mass is 19.1. The smallest absolute Gasteiger partial charge is 0.341 e. The molecular formula is C16H14FNO4. The number of hydrogen-bond donors (Lipinski definition) is 1. The second kappa shape index (κ2) is 7.21. The molecule has 1 N–H and O–H groups in total. The predicted molar refractivity (Wildman–Crippen MR) is 78.3 cm³/mol. The molecule has 0 aliphatic rings. The highest BCUT2D eigenvalue weighted by Crippen LogP contribution is 2.22. The van der Waals surface area contributed by atoms with Crippen LogP contribution >= 0.6 is 0 Å². The first-order chi connectivity index (χ1) is 10.6. The lowest BCUT2D eigenvalue weighted by Crippen LogP contribution is -2.21. The van der Waals surface area contributed by atoms with E-state index in [2.05, 4.69) is 5.32 Å². The number of hydrogen-bond acceptors (Lipinski definition) is 4. The largest absolute Gasteiger partial charge is 0.495 e. The van der Waals surface area contributed by atoms with Gasteiger partial charge in [0.05, 0.1) is 18.4 Å². The summed E-state index contributed by atoms with van der Waals surface area (Å²) in [7, 11) is 1.48. The van der Waals surface area contributed by atoms with Crippen molar-refractivity contribution in [1.29, 1.82) is 0 Å². The summed E-state index contributed by atoms with van der Waals surface area (Å²) in [4.78, 5) is 23.4. The molecule has 2 rings (SSSR count). The SMILES string of the molecule is COc1ccccc1NC(=O)COC(=O)c1ccccc1F. The number of halogens is 1. The van der Waals surface area contributed by atoms with Gasteiger partial charge in [-0.25, -0.2) is 9.18 Å². The summed E-state index contributed by atoms with van der Waals surface area (Å²) in [5, 5.41) is 2.55. The lowest BCUT2D eigenvalue weighted by molar-refractivity contribution is -0.119. The van der Waals surface area contributed by atoms with Crippen molar-refractivity contribution in [2.75, 3.05) is 19.0 Å². The average Bonchev–Trinajstić information content (AvgIpc) is 2.53. The number of esters is 1. The molecule has 2 aromatic carbocycles. The van der Waals surface area contributed by atoms with E-state index >= 15 is 0 Å². The van der Waals surface area contributed by atoms with Crippen LogP contribution in [0.1, 0.15) is 10.4 Å². The molecule has 0 heterocycles. The fraction of sp³-hybridized carbons (Fsp3) is 0.125. The molecule has 0 aliphatic heterocycles. The zero-order chi connectivity index (χ0) is 15.9. The maximum atomic E-state index is 13.4. The fourth-order valence-electron chi connectivity index (χ4n) is 1.77. The van der Waals surface area contributed by atoms with Crippen LogP contribution in [-0.4, -0.2) is 25.6 Å². The quantitative estimate of drug-likeness (QED) is 0.862. The molecule has 0 bridgehead atoms. The Labute approximate surface area is 126 Å². The first-order valence-electron chi connectivity index (χ1n) is 6.46.